The molecule has 1 aliphatic carbocycles. The van der Waals surface area contributed by atoms with Gasteiger partial charge in [0, 0.05) is 24.5 Å². The molecule has 3 aromatic rings. The Morgan fingerprint density at radius 1 is 0.935 bits per heavy atom. The number of nitrogens with one attached hydrogen (secondary N) is 3. The average Bonchev–Trinajstić information content (AvgIpc) is 3.03. The van der Waals surface area contributed by atoms with E-state index in [0.717, 1.165) is 37.5 Å². The third kappa shape index (κ3) is 9.31. The van der Waals surface area contributed by atoms with E-state index < -0.39 is 40.0 Å². The molecule has 0 spiro atoms. The summed E-state index contributed by atoms with van der Waals surface area (Å²) < 4.78 is 27.5. The number of sulfonamides is 1. The second kappa shape index (κ2) is 16.1. The molecule has 1 unspecified atom stereocenters. The number of amides is 2. The Hall–Kier alpha value is -3.93. The zero-order valence-electron chi connectivity index (χ0n) is 26.9. The highest BCUT2D eigenvalue weighted by Gasteiger charge is 2.31. The maximum atomic E-state index is 13.2. The highest BCUT2D eigenvalue weighted by molar-refractivity contribution is 7.92. The lowest BCUT2D eigenvalue weighted by Gasteiger charge is -2.33. The first-order valence-electron chi connectivity index (χ1n) is 16.0. The monoisotopic (exact) mass is 649 g/mol. The number of primary amides is 1. The van der Waals surface area contributed by atoms with Gasteiger partial charge in [0.2, 0.25) is 15.9 Å². The van der Waals surface area contributed by atoms with E-state index in [1.54, 1.807) is 55.5 Å². The first-order valence-corrected chi connectivity index (χ1v) is 17.8. The van der Waals surface area contributed by atoms with Crippen LogP contribution in [-0.2, 0) is 21.2 Å². The summed E-state index contributed by atoms with van der Waals surface area (Å²) in [5, 5.41) is 21.3. The smallest absolute Gasteiger partial charge is 0.250 e. The first kappa shape index (κ1) is 34.9. The van der Waals surface area contributed by atoms with Crippen molar-refractivity contribution in [1.82, 2.24) is 10.6 Å². The van der Waals surface area contributed by atoms with Gasteiger partial charge in [0.05, 0.1) is 41.0 Å². The van der Waals surface area contributed by atoms with E-state index in [-0.39, 0.29) is 35.4 Å². The van der Waals surface area contributed by atoms with E-state index in [9.17, 15) is 23.1 Å². The number of para-hydroxylation sites is 2. The van der Waals surface area contributed by atoms with E-state index in [2.05, 4.69) is 16.0 Å². The summed E-state index contributed by atoms with van der Waals surface area (Å²) >= 11 is 0. The number of hydrogen-bond donors (Lipinski definition) is 5. The van der Waals surface area contributed by atoms with Crippen LogP contribution in [0.2, 0.25) is 0 Å². The molecule has 0 aliphatic heterocycles. The summed E-state index contributed by atoms with van der Waals surface area (Å²) in [5.74, 6) is -1.23. The topological polar surface area (TPSA) is 154 Å². The van der Waals surface area contributed by atoms with Crippen molar-refractivity contribution in [2.75, 3.05) is 22.4 Å². The molecular formula is C35H47N5O5S. The number of hydrogen-bond acceptors (Lipinski definition) is 7. The van der Waals surface area contributed by atoms with Gasteiger partial charge in [0.1, 0.15) is 0 Å². The summed E-state index contributed by atoms with van der Waals surface area (Å²) in [5.41, 5.74) is 7.79. The molecule has 4 rings (SSSR count). The van der Waals surface area contributed by atoms with Crippen LogP contribution in [-0.4, -0.2) is 62.4 Å². The lowest BCUT2D eigenvalue weighted by molar-refractivity contribution is -0.123. The lowest BCUT2D eigenvalue weighted by Crippen LogP contribution is -2.50. The van der Waals surface area contributed by atoms with Gasteiger partial charge in [-0.25, -0.2) is 12.7 Å². The molecule has 4 atom stereocenters. The predicted octanol–water partition coefficient (Wildman–Crippen LogP) is 4.33. The maximum Gasteiger partial charge on any atom is 0.250 e. The summed E-state index contributed by atoms with van der Waals surface area (Å²) in [6.07, 6.45) is 6.07. The van der Waals surface area contributed by atoms with Gasteiger partial charge in [-0.3, -0.25) is 9.59 Å². The molecule has 10 nitrogen and oxygen atoms in total. The number of carbonyl (C=O) groups excluding carboxylic acids is 2. The van der Waals surface area contributed by atoms with Gasteiger partial charge in [-0.2, -0.15) is 0 Å². The van der Waals surface area contributed by atoms with Crippen molar-refractivity contribution in [1.29, 1.82) is 0 Å². The Kier molecular flexibility index (Phi) is 12.2. The number of aliphatic hydroxyl groups is 1. The van der Waals surface area contributed by atoms with E-state index in [4.69, 9.17) is 5.73 Å². The van der Waals surface area contributed by atoms with Crippen molar-refractivity contribution in [3.8, 4) is 0 Å². The SMILES string of the molecule is CC(Nc1c(C(N)=O)cccc1N(c1ccccc1)S(C)(=O)=O)[C@H](Cc1ccccc1)[C@@H](O)CN[C@@H](C)C(=O)NC1CCCCC1. The number of nitrogens with two attached hydrogens (primary N) is 1. The van der Waals surface area contributed by atoms with E-state index in [1.165, 1.54) is 10.7 Å². The molecule has 1 aliphatic rings. The number of benzene rings is 3. The molecule has 0 bridgehead atoms. The number of anilines is 3. The first-order chi connectivity index (χ1) is 22.0. The van der Waals surface area contributed by atoms with Gasteiger partial charge >= 0.3 is 0 Å². The van der Waals surface area contributed by atoms with Crippen LogP contribution in [0.3, 0.4) is 0 Å². The molecular weight excluding hydrogens is 602 g/mol. The Bertz CT molecular complexity index is 1550. The predicted molar refractivity (Wildman–Crippen MR) is 184 cm³/mol. The fourth-order valence-electron chi connectivity index (χ4n) is 6.12. The van der Waals surface area contributed by atoms with Crippen molar-refractivity contribution in [3.05, 3.63) is 90.0 Å². The molecule has 0 radical (unpaired) electrons. The Morgan fingerprint density at radius 3 is 2.17 bits per heavy atom. The normalized spacial score (nSPS) is 16.5. The van der Waals surface area contributed by atoms with Crippen LogP contribution in [0.1, 0.15) is 61.9 Å². The second-order valence-corrected chi connectivity index (χ2v) is 14.1. The minimum atomic E-state index is -3.85. The number of rotatable bonds is 15. The number of nitrogens with zero attached hydrogens (tertiary/aromatic N) is 1. The molecule has 6 N–H and O–H groups in total. The molecule has 11 heteroatoms. The molecule has 2 amide bonds. The Labute approximate surface area is 272 Å². The standard InChI is InChI=1S/C35H47N5O5S/c1-24(38-33-29(34(36)42)20-13-21-31(33)40(46(3,44)45)28-18-11-6-12-19-28)30(22-26-14-7-4-8-15-26)32(41)23-37-25(2)35(43)39-27-16-9-5-10-17-27/h4,6-8,11-15,18-21,24-25,27,30,32,37-38,41H,5,9-10,16-17,22-23H2,1-3H3,(H2,36,42)(H,39,43)/t24?,25-,30-,32-/m0/s1. The molecule has 0 aromatic heterocycles. The van der Waals surface area contributed by atoms with Crippen LogP contribution in [0.4, 0.5) is 17.1 Å². The summed E-state index contributed by atoms with van der Waals surface area (Å²) in [7, 11) is -3.85. The fraction of sp³-hybridized carbons (Fsp3) is 0.429. The minimum Gasteiger partial charge on any atom is -0.391 e. The van der Waals surface area contributed by atoms with Crippen molar-refractivity contribution in [2.24, 2.45) is 11.7 Å². The molecule has 46 heavy (non-hydrogen) atoms. The molecule has 3 aromatic carbocycles. The molecule has 248 valence electrons. The van der Waals surface area contributed by atoms with E-state index in [0.29, 0.717) is 12.1 Å². The number of carbonyl (C=O) groups is 2. The molecule has 1 fully saturated rings. The van der Waals surface area contributed by atoms with E-state index in [1.807, 2.05) is 37.3 Å². The number of aliphatic hydroxyl groups excluding tert-OH is 1. The largest absolute Gasteiger partial charge is 0.391 e. The van der Waals surface area contributed by atoms with Gasteiger partial charge in [-0.1, -0.05) is 73.9 Å². The zero-order chi connectivity index (χ0) is 33.3. The quantitative estimate of drug-likeness (QED) is 0.164. The van der Waals surface area contributed by atoms with Crippen molar-refractivity contribution in [2.45, 2.75) is 76.6 Å². The Morgan fingerprint density at radius 2 is 1.57 bits per heavy atom. The van der Waals surface area contributed by atoms with Crippen LogP contribution < -0.4 is 26.0 Å². The van der Waals surface area contributed by atoms with Crippen LogP contribution in [0.25, 0.3) is 0 Å². The van der Waals surface area contributed by atoms with Crippen LogP contribution in [0.15, 0.2) is 78.9 Å². The van der Waals surface area contributed by atoms with Crippen LogP contribution >= 0.6 is 0 Å². The molecule has 0 saturated heterocycles. The van der Waals surface area contributed by atoms with Crippen LogP contribution in [0.5, 0.6) is 0 Å². The summed E-state index contributed by atoms with van der Waals surface area (Å²) in [4.78, 5) is 25.6. The van der Waals surface area contributed by atoms with Crippen molar-refractivity contribution >= 4 is 38.9 Å². The zero-order valence-corrected chi connectivity index (χ0v) is 27.7. The van der Waals surface area contributed by atoms with Crippen molar-refractivity contribution in [3.63, 3.8) is 0 Å². The minimum absolute atomic E-state index is 0.0910. The van der Waals surface area contributed by atoms with Gasteiger partial charge < -0.3 is 26.8 Å². The third-order valence-corrected chi connectivity index (χ3v) is 9.72. The summed E-state index contributed by atoms with van der Waals surface area (Å²) in [6, 6.07) is 22.3. The van der Waals surface area contributed by atoms with Gasteiger partial charge in [0.15, 0.2) is 0 Å². The average molecular weight is 650 g/mol. The molecule has 1 saturated carbocycles. The third-order valence-electron chi connectivity index (χ3n) is 8.65. The van der Waals surface area contributed by atoms with Gasteiger partial charge in [-0.05, 0) is 62.9 Å². The second-order valence-electron chi connectivity index (χ2n) is 12.3. The lowest BCUT2D eigenvalue weighted by atomic mass is 9.87. The highest BCUT2D eigenvalue weighted by Crippen LogP contribution is 2.38. The van der Waals surface area contributed by atoms with E-state index >= 15 is 0 Å². The maximum absolute atomic E-state index is 13.2. The van der Waals surface area contributed by atoms with Gasteiger partial charge in [-0.15, -0.1) is 0 Å². The van der Waals surface area contributed by atoms with Crippen molar-refractivity contribution < 1.29 is 23.1 Å². The Balaban J connectivity index is 1.61. The molecule has 0 heterocycles. The fourth-order valence-corrected chi connectivity index (χ4v) is 7.13. The van der Waals surface area contributed by atoms with Gasteiger partial charge in [0.25, 0.3) is 5.91 Å². The van der Waals surface area contributed by atoms with Crippen LogP contribution in [0, 0.1) is 5.92 Å². The highest BCUT2D eigenvalue weighted by atomic mass is 32.2. The summed E-state index contributed by atoms with van der Waals surface area (Å²) in [6.45, 7) is 3.81.